The molecule has 2 heterocycles. The summed E-state index contributed by atoms with van der Waals surface area (Å²) in [5, 5.41) is 4.18. The minimum absolute atomic E-state index is 0.0771. The molecule has 0 radical (unpaired) electrons. The first-order valence-corrected chi connectivity index (χ1v) is 10.6. The van der Waals surface area contributed by atoms with Gasteiger partial charge in [-0.2, -0.15) is 0 Å². The third-order valence-electron chi connectivity index (χ3n) is 5.66. The van der Waals surface area contributed by atoms with E-state index in [4.69, 9.17) is 9.72 Å². The van der Waals surface area contributed by atoms with E-state index in [-0.39, 0.29) is 18.5 Å². The van der Waals surface area contributed by atoms with Crippen molar-refractivity contribution in [1.29, 1.82) is 0 Å². The van der Waals surface area contributed by atoms with Crippen LogP contribution in [0, 0.1) is 0 Å². The summed E-state index contributed by atoms with van der Waals surface area (Å²) >= 11 is 0. The second kappa shape index (κ2) is 8.59. The van der Waals surface area contributed by atoms with E-state index in [1.165, 1.54) is 0 Å². The van der Waals surface area contributed by atoms with Crippen LogP contribution in [-0.4, -0.2) is 27.6 Å². The number of aromatic amines is 1. The third kappa shape index (κ3) is 3.95. The van der Waals surface area contributed by atoms with E-state index in [2.05, 4.69) is 22.4 Å². The molecule has 6 nitrogen and oxygen atoms in total. The lowest BCUT2D eigenvalue weighted by Gasteiger charge is -2.17. The number of nitrogens with zero attached hydrogens (tertiary/aromatic N) is 2. The summed E-state index contributed by atoms with van der Waals surface area (Å²) in [6.45, 7) is 0.211. The molecule has 1 amide bonds. The number of para-hydroxylation sites is 2. The number of hydrogen-bond acceptors (Lipinski definition) is 3. The van der Waals surface area contributed by atoms with Crippen molar-refractivity contribution >= 4 is 27.8 Å². The van der Waals surface area contributed by atoms with Crippen LogP contribution in [0.5, 0.6) is 5.75 Å². The molecule has 0 unspecified atom stereocenters. The number of amides is 1. The van der Waals surface area contributed by atoms with Gasteiger partial charge in [-0.3, -0.25) is 4.79 Å². The van der Waals surface area contributed by atoms with Gasteiger partial charge in [0.1, 0.15) is 18.1 Å². The Morgan fingerprint density at radius 2 is 1.84 bits per heavy atom. The highest BCUT2D eigenvalue weighted by molar-refractivity contribution is 5.88. The van der Waals surface area contributed by atoms with E-state index >= 15 is 0 Å². The van der Waals surface area contributed by atoms with Crippen molar-refractivity contribution < 1.29 is 9.53 Å². The van der Waals surface area contributed by atoms with Gasteiger partial charge in [0.15, 0.2) is 0 Å². The average Bonchev–Trinajstić information content (AvgIpc) is 3.43. The summed E-state index contributed by atoms with van der Waals surface area (Å²) in [4.78, 5) is 21.2. The normalized spacial score (nSPS) is 12.2. The van der Waals surface area contributed by atoms with Gasteiger partial charge < -0.3 is 19.6 Å². The number of carbonyl (C=O) groups excluding carboxylic acids is 1. The van der Waals surface area contributed by atoms with E-state index in [9.17, 15) is 4.79 Å². The van der Waals surface area contributed by atoms with Crippen molar-refractivity contribution in [3.63, 3.8) is 0 Å². The molecule has 0 spiro atoms. The van der Waals surface area contributed by atoms with E-state index < -0.39 is 0 Å². The van der Waals surface area contributed by atoms with Crippen molar-refractivity contribution in [1.82, 2.24) is 19.9 Å². The highest BCUT2D eigenvalue weighted by Gasteiger charge is 2.20. The minimum atomic E-state index is -0.270. The molecule has 2 aromatic heterocycles. The lowest BCUT2D eigenvalue weighted by Crippen LogP contribution is -2.33. The maximum atomic E-state index is 13.1. The predicted octanol–water partition coefficient (Wildman–Crippen LogP) is 4.63. The molecule has 0 saturated heterocycles. The van der Waals surface area contributed by atoms with Crippen LogP contribution in [0.25, 0.3) is 21.9 Å². The molecule has 0 aliphatic carbocycles. The molecule has 0 fully saturated rings. The number of H-pyrrole nitrogens is 1. The molecule has 0 aliphatic rings. The summed E-state index contributed by atoms with van der Waals surface area (Å²) in [5.41, 5.74) is 3.94. The van der Waals surface area contributed by atoms with Gasteiger partial charge >= 0.3 is 0 Å². The summed E-state index contributed by atoms with van der Waals surface area (Å²) in [6, 6.07) is 25.6. The molecule has 160 valence electrons. The Hall–Kier alpha value is -4.06. The Balaban J connectivity index is 1.41. The van der Waals surface area contributed by atoms with Crippen LogP contribution in [0.3, 0.4) is 0 Å². The number of nitrogens with one attached hydrogen (secondary N) is 2. The topological polar surface area (TPSA) is 71.9 Å². The number of hydrogen-bond donors (Lipinski definition) is 2. The monoisotopic (exact) mass is 424 g/mol. The fraction of sp³-hybridized carbons (Fsp3) is 0.154. The molecule has 5 aromatic rings. The van der Waals surface area contributed by atoms with Gasteiger partial charge in [0.25, 0.3) is 0 Å². The van der Waals surface area contributed by atoms with Crippen LogP contribution >= 0.6 is 0 Å². The molecular formula is C26H24N4O2. The number of ether oxygens (including phenoxy) is 1. The zero-order valence-corrected chi connectivity index (χ0v) is 17.8. The van der Waals surface area contributed by atoms with Crippen molar-refractivity contribution in [2.45, 2.75) is 19.0 Å². The average molecular weight is 425 g/mol. The minimum Gasteiger partial charge on any atom is -0.496 e. The van der Waals surface area contributed by atoms with Crippen molar-refractivity contribution in [2.75, 3.05) is 7.11 Å². The predicted molar refractivity (Wildman–Crippen MR) is 126 cm³/mol. The summed E-state index contributed by atoms with van der Waals surface area (Å²) in [7, 11) is 1.65. The number of aromatic nitrogens is 3. The van der Waals surface area contributed by atoms with Crippen LogP contribution in [0.1, 0.15) is 17.4 Å². The van der Waals surface area contributed by atoms with Crippen LogP contribution in [0.4, 0.5) is 0 Å². The molecule has 5 rings (SSSR count). The Morgan fingerprint density at radius 3 is 2.66 bits per heavy atom. The zero-order chi connectivity index (χ0) is 21.9. The molecular weight excluding hydrogens is 400 g/mol. The number of fused-ring (bicyclic) bond motifs is 2. The first-order chi connectivity index (χ1) is 15.7. The number of imidazole rings is 1. The van der Waals surface area contributed by atoms with Crippen molar-refractivity contribution in [3.05, 3.63) is 96.4 Å². The van der Waals surface area contributed by atoms with Crippen LogP contribution in [0.2, 0.25) is 0 Å². The highest BCUT2D eigenvalue weighted by Crippen LogP contribution is 2.26. The number of rotatable bonds is 7. The largest absolute Gasteiger partial charge is 0.496 e. The van der Waals surface area contributed by atoms with E-state index in [1.807, 2.05) is 77.5 Å². The second-order valence-electron chi connectivity index (χ2n) is 7.79. The SMILES string of the molecule is COc1cccc2c1ccn2CC(=O)N[C@@H](Cc1ccccc1)c1nc2ccccc2[nH]1. The lowest BCUT2D eigenvalue weighted by molar-refractivity contribution is -0.122. The fourth-order valence-electron chi connectivity index (χ4n) is 4.11. The summed E-state index contributed by atoms with van der Waals surface area (Å²) in [6.07, 6.45) is 2.56. The zero-order valence-electron chi connectivity index (χ0n) is 17.8. The molecule has 0 aliphatic heterocycles. The van der Waals surface area contributed by atoms with Crippen molar-refractivity contribution in [3.8, 4) is 5.75 Å². The van der Waals surface area contributed by atoms with Crippen molar-refractivity contribution in [2.24, 2.45) is 0 Å². The first-order valence-electron chi connectivity index (χ1n) is 10.6. The van der Waals surface area contributed by atoms with E-state index in [0.717, 1.165) is 39.1 Å². The number of benzene rings is 3. The quantitative estimate of drug-likeness (QED) is 0.400. The molecule has 0 saturated carbocycles. The Kier molecular flexibility index (Phi) is 5.34. The molecule has 3 aromatic carbocycles. The molecule has 2 N–H and O–H groups in total. The van der Waals surface area contributed by atoms with Gasteiger partial charge in [0.2, 0.25) is 5.91 Å². The lowest BCUT2D eigenvalue weighted by atomic mass is 10.1. The van der Waals surface area contributed by atoms with Gasteiger partial charge in [-0.15, -0.1) is 0 Å². The van der Waals surface area contributed by atoms with Gasteiger partial charge in [0, 0.05) is 11.6 Å². The standard InChI is InChI=1S/C26H24N4O2/c1-32-24-13-7-12-23-19(24)14-15-30(23)17-25(31)27-22(16-18-8-3-2-4-9-18)26-28-20-10-5-6-11-21(20)29-26/h2-15,22H,16-17H2,1H3,(H,27,31)(H,28,29)/t22-/m0/s1. The van der Waals surface area contributed by atoms with E-state index in [1.54, 1.807) is 7.11 Å². The van der Waals surface area contributed by atoms with Crippen LogP contribution in [0.15, 0.2) is 85.1 Å². The first kappa shape index (κ1) is 19.9. The Bertz CT molecular complexity index is 1340. The third-order valence-corrected chi connectivity index (χ3v) is 5.66. The molecule has 1 atom stereocenters. The smallest absolute Gasteiger partial charge is 0.240 e. The van der Waals surface area contributed by atoms with Gasteiger partial charge in [-0.25, -0.2) is 4.98 Å². The number of methoxy groups -OCH3 is 1. The Labute approximate surface area is 185 Å². The summed E-state index contributed by atoms with van der Waals surface area (Å²) < 4.78 is 7.37. The van der Waals surface area contributed by atoms with Gasteiger partial charge in [-0.1, -0.05) is 48.5 Å². The second-order valence-corrected chi connectivity index (χ2v) is 7.79. The fourth-order valence-corrected chi connectivity index (χ4v) is 4.11. The van der Waals surface area contributed by atoms with E-state index in [0.29, 0.717) is 6.42 Å². The van der Waals surface area contributed by atoms with Crippen LogP contribution < -0.4 is 10.1 Å². The van der Waals surface area contributed by atoms with Crippen LogP contribution in [-0.2, 0) is 17.8 Å². The van der Waals surface area contributed by atoms with Gasteiger partial charge in [-0.05, 0) is 42.3 Å². The Morgan fingerprint density at radius 1 is 1.03 bits per heavy atom. The summed E-state index contributed by atoms with van der Waals surface area (Å²) in [5.74, 6) is 1.47. The molecule has 32 heavy (non-hydrogen) atoms. The highest BCUT2D eigenvalue weighted by atomic mass is 16.5. The van der Waals surface area contributed by atoms with Gasteiger partial charge in [0.05, 0.1) is 29.7 Å². The maximum Gasteiger partial charge on any atom is 0.240 e. The molecule has 6 heteroatoms. The maximum absolute atomic E-state index is 13.1. The number of carbonyl (C=O) groups is 1. The molecule has 0 bridgehead atoms.